The van der Waals surface area contributed by atoms with Crippen molar-refractivity contribution in [1.29, 1.82) is 0 Å². The minimum absolute atomic E-state index is 0.114. The Balaban J connectivity index is 1.39. The normalized spacial score (nSPS) is 14.4. The van der Waals surface area contributed by atoms with Crippen LogP contribution in [0.4, 0.5) is 0 Å². The van der Waals surface area contributed by atoms with Crippen LogP contribution in [0.3, 0.4) is 0 Å². The van der Waals surface area contributed by atoms with Gasteiger partial charge in [0, 0.05) is 5.56 Å². The first kappa shape index (κ1) is 23.1. The van der Waals surface area contributed by atoms with Crippen LogP contribution >= 0.6 is 11.6 Å². The number of benzene rings is 3. The molecule has 7 heteroatoms. The Kier molecular flexibility index (Phi) is 7.18. The van der Waals surface area contributed by atoms with Gasteiger partial charge in [-0.25, -0.2) is 4.79 Å². The lowest BCUT2D eigenvalue weighted by Gasteiger charge is -2.41. The number of esters is 1. The number of hydrogen-bond acceptors (Lipinski definition) is 6. The molecule has 1 aliphatic rings. The van der Waals surface area contributed by atoms with E-state index in [4.69, 9.17) is 30.5 Å². The van der Waals surface area contributed by atoms with Gasteiger partial charge in [-0.15, -0.1) is 0 Å². The summed E-state index contributed by atoms with van der Waals surface area (Å²) < 4.78 is 22.1. The Bertz CT molecular complexity index is 1110. The van der Waals surface area contributed by atoms with Crippen LogP contribution in [0.2, 0.25) is 5.02 Å². The largest absolute Gasteiger partial charge is 0.508 e. The topological polar surface area (TPSA) is 74.2 Å². The fourth-order valence-electron chi connectivity index (χ4n) is 3.61. The van der Waals surface area contributed by atoms with E-state index in [-0.39, 0.29) is 18.3 Å². The molecule has 0 unspecified atom stereocenters. The van der Waals surface area contributed by atoms with Gasteiger partial charge in [0.2, 0.25) is 0 Å². The van der Waals surface area contributed by atoms with Crippen LogP contribution in [0.1, 0.15) is 18.1 Å². The summed E-state index contributed by atoms with van der Waals surface area (Å²) >= 11 is 6.28. The highest BCUT2D eigenvalue weighted by atomic mass is 35.5. The molecule has 0 aliphatic carbocycles. The van der Waals surface area contributed by atoms with Crippen LogP contribution < -0.4 is 4.74 Å². The first-order valence-corrected chi connectivity index (χ1v) is 11.1. The number of phenols is 1. The zero-order valence-corrected chi connectivity index (χ0v) is 19.0. The predicted octanol–water partition coefficient (Wildman–Crippen LogP) is 5.10. The van der Waals surface area contributed by atoms with Crippen molar-refractivity contribution in [2.24, 2.45) is 0 Å². The van der Waals surface area contributed by atoms with Crippen molar-refractivity contribution in [3.63, 3.8) is 0 Å². The van der Waals surface area contributed by atoms with Crippen molar-refractivity contribution in [3.05, 3.63) is 82.9 Å². The van der Waals surface area contributed by atoms with Crippen LogP contribution in [0.25, 0.3) is 11.1 Å². The SMILES string of the molecule is CCOC(=O)COC1(c2ccc(OCc3cccc(-c4ccc(O)cc4Cl)c3)cc2)COC1. The van der Waals surface area contributed by atoms with E-state index in [0.29, 0.717) is 37.2 Å². The van der Waals surface area contributed by atoms with Gasteiger partial charge in [0.1, 0.15) is 30.3 Å². The molecule has 0 amide bonds. The summed E-state index contributed by atoms with van der Waals surface area (Å²) in [5, 5.41) is 10.1. The summed E-state index contributed by atoms with van der Waals surface area (Å²) in [6.45, 7) is 3.13. The third kappa shape index (κ3) is 5.47. The summed E-state index contributed by atoms with van der Waals surface area (Å²) in [6, 6.07) is 20.4. The molecular weight excluding hydrogens is 444 g/mol. The number of carbonyl (C=O) groups excluding carboxylic acids is 1. The maximum atomic E-state index is 11.7. The second kappa shape index (κ2) is 10.3. The second-order valence-corrected chi connectivity index (χ2v) is 8.17. The van der Waals surface area contributed by atoms with Crippen molar-refractivity contribution < 1.29 is 28.8 Å². The van der Waals surface area contributed by atoms with E-state index in [1.54, 1.807) is 19.1 Å². The van der Waals surface area contributed by atoms with Gasteiger partial charge in [-0.3, -0.25) is 0 Å². The number of aromatic hydroxyl groups is 1. The van der Waals surface area contributed by atoms with E-state index in [0.717, 1.165) is 22.3 Å². The lowest BCUT2D eigenvalue weighted by molar-refractivity contribution is -0.221. The molecule has 6 nitrogen and oxygen atoms in total. The van der Waals surface area contributed by atoms with Crippen molar-refractivity contribution in [2.75, 3.05) is 26.4 Å². The van der Waals surface area contributed by atoms with Gasteiger partial charge in [-0.1, -0.05) is 41.9 Å². The third-order valence-corrected chi connectivity index (χ3v) is 5.73. The fraction of sp³-hybridized carbons (Fsp3) is 0.269. The van der Waals surface area contributed by atoms with Crippen LogP contribution in [0.15, 0.2) is 66.7 Å². The molecule has 3 aromatic rings. The van der Waals surface area contributed by atoms with E-state index in [1.165, 1.54) is 6.07 Å². The van der Waals surface area contributed by atoms with E-state index in [2.05, 4.69) is 0 Å². The van der Waals surface area contributed by atoms with Gasteiger partial charge in [0.05, 0.1) is 24.8 Å². The number of halogens is 1. The Morgan fingerprint density at radius 1 is 1.09 bits per heavy atom. The van der Waals surface area contributed by atoms with Crippen molar-refractivity contribution in [2.45, 2.75) is 19.1 Å². The van der Waals surface area contributed by atoms with Crippen LogP contribution in [-0.2, 0) is 31.2 Å². The van der Waals surface area contributed by atoms with Gasteiger partial charge in [0.25, 0.3) is 0 Å². The average Bonchev–Trinajstić information content (AvgIpc) is 2.78. The van der Waals surface area contributed by atoms with E-state index < -0.39 is 5.60 Å². The standard InChI is InChI=1S/C26H25ClO6/c1-2-31-25(29)15-33-26(16-30-17-26)20-6-9-22(10-7-20)32-14-18-4-3-5-19(12-18)23-11-8-21(28)13-24(23)27/h3-13,28H,2,14-17H2,1H3. The molecule has 1 fully saturated rings. The highest BCUT2D eigenvalue weighted by Gasteiger charge is 2.42. The highest BCUT2D eigenvalue weighted by molar-refractivity contribution is 6.33. The number of phenolic OH excluding ortho intramolecular Hbond substituents is 1. The first-order valence-electron chi connectivity index (χ1n) is 10.7. The first-order chi connectivity index (χ1) is 16.0. The molecule has 0 spiro atoms. The molecular formula is C26H25ClO6. The molecule has 0 radical (unpaired) electrons. The molecule has 1 N–H and O–H groups in total. The summed E-state index contributed by atoms with van der Waals surface area (Å²) in [5.74, 6) is 0.459. The molecule has 1 heterocycles. The number of hydrogen-bond donors (Lipinski definition) is 1. The Hall–Kier alpha value is -3.06. The number of carbonyl (C=O) groups is 1. The summed E-state index contributed by atoms with van der Waals surface area (Å²) in [4.78, 5) is 11.7. The van der Waals surface area contributed by atoms with Crippen molar-refractivity contribution in [3.8, 4) is 22.6 Å². The molecule has 0 atom stereocenters. The summed E-state index contributed by atoms with van der Waals surface area (Å²) in [6.07, 6.45) is 0. The zero-order valence-electron chi connectivity index (χ0n) is 18.3. The molecule has 33 heavy (non-hydrogen) atoms. The summed E-state index contributed by atoms with van der Waals surface area (Å²) in [7, 11) is 0. The number of ether oxygens (including phenoxy) is 4. The van der Waals surface area contributed by atoms with Crippen molar-refractivity contribution in [1.82, 2.24) is 0 Å². The molecule has 0 aromatic heterocycles. The molecule has 172 valence electrons. The van der Waals surface area contributed by atoms with Gasteiger partial charge in [-0.05, 0) is 60.0 Å². The molecule has 0 bridgehead atoms. The summed E-state index contributed by atoms with van der Waals surface area (Å²) in [5.41, 5.74) is 3.07. The van der Waals surface area contributed by atoms with E-state index in [9.17, 15) is 9.90 Å². The molecule has 3 aromatic carbocycles. The smallest absolute Gasteiger partial charge is 0.332 e. The van der Waals surface area contributed by atoms with Gasteiger partial charge >= 0.3 is 5.97 Å². The Labute approximate surface area is 197 Å². The fourth-order valence-corrected chi connectivity index (χ4v) is 3.89. The van der Waals surface area contributed by atoms with Gasteiger partial charge in [0.15, 0.2) is 0 Å². The van der Waals surface area contributed by atoms with E-state index >= 15 is 0 Å². The molecule has 1 aliphatic heterocycles. The average molecular weight is 469 g/mol. The molecule has 4 rings (SSSR count). The minimum Gasteiger partial charge on any atom is -0.508 e. The monoisotopic (exact) mass is 468 g/mol. The quantitative estimate of drug-likeness (QED) is 0.440. The second-order valence-electron chi connectivity index (χ2n) is 7.76. The van der Waals surface area contributed by atoms with Crippen LogP contribution in [0, 0.1) is 0 Å². The molecule has 0 saturated carbocycles. The van der Waals surface area contributed by atoms with E-state index in [1.807, 2.05) is 48.5 Å². The zero-order chi connectivity index (χ0) is 23.3. The van der Waals surface area contributed by atoms with Crippen LogP contribution in [-0.4, -0.2) is 37.5 Å². The lowest BCUT2D eigenvalue weighted by atomic mass is 9.91. The molecule has 1 saturated heterocycles. The minimum atomic E-state index is -0.636. The lowest BCUT2D eigenvalue weighted by Crippen LogP contribution is -2.49. The third-order valence-electron chi connectivity index (χ3n) is 5.42. The van der Waals surface area contributed by atoms with Gasteiger partial charge in [-0.2, -0.15) is 0 Å². The Morgan fingerprint density at radius 2 is 1.88 bits per heavy atom. The Morgan fingerprint density at radius 3 is 2.55 bits per heavy atom. The highest BCUT2D eigenvalue weighted by Crippen LogP contribution is 2.35. The van der Waals surface area contributed by atoms with Gasteiger partial charge < -0.3 is 24.1 Å². The maximum Gasteiger partial charge on any atom is 0.332 e. The maximum absolute atomic E-state index is 11.7. The van der Waals surface area contributed by atoms with Crippen molar-refractivity contribution >= 4 is 17.6 Å². The predicted molar refractivity (Wildman–Crippen MR) is 124 cm³/mol. The number of rotatable bonds is 9. The van der Waals surface area contributed by atoms with Crippen LogP contribution in [0.5, 0.6) is 11.5 Å².